The molecule has 3 N–H and O–H groups in total. The molecule has 2 aliphatic heterocycles. The molecule has 0 atom stereocenters. The third-order valence-corrected chi connectivity index (χ3v) is 8.76. The lowest BCUT2D eigenvalue weighted by Crippen LogP contribution is -2.40. The van der Waals surface area contributed by atoms with Crippen molar-refractivity contribution in [2.24, 2.45) is 10.1 Å². The summed E-state index contributed by atoms with van der Waals surface area (Å²) in [6.07, 6.45) is 4.92. The van der Waals surface area contributed by atoms with Crippen molar-refractivity contribution >= 4 is 71.6 Å². The molecule has 2 aromatic carbocycles. The summed E-state index contributed by atoms with van der Waals surface area (Å²) in [6, 6.07) is 11.4. The number of para-hydroxylation sites is 1. The van der Waals surface area contributed by atoms with E-state index in [0.717, 1.165) is 36.6 Å². The fourth-order valence-corrected chi connectivity index (χ4v) is 6.62. The van der Waals surface area contributed by atoms with Gasteiger partial charge in [0.05, 0.1) is 26.7 Å². The highest BCUT2D eigenvalue weighted by molar-refractivity contribution is 9.10. The van der Waals surface area contributed by atoms with Gasteiger partial charge in [0.2, 0.25) is 10.0 Å². The highest BCUT2D eigenvalue weighted by Crippen LogP contribution is 2.46. The van der Waals surface area contributed by atoms with Gasteiger partial charge in [-0.3, -0.25) is 14.5 Å². The third kappa shape index (κ3) is 4.21. The van der Waals surface area contributed by atoms with Crippen LogP contribution >= 0.6 is 27.7 Å². The zero-order valence-corrected chi connectivity index (χ0v) is 21.2. The van der Waals surface area contributed by atoms with Crippen molar-refractivity contribution in [2.45, 2.75) is 43.0 Å². The van der Waals surface area contributed by atoms with Crippen molar-refractivity contribution in [2.75, 3.05) is 5.32 Å². The Bertz CT molecular complexity index is 1360. The Balaban J connectivity index is 1.60. The molecule has 0 bridgehead atoms. The monoisotopic (exact) mass is 560 g/mol. The van der Waals surface area contributed by atoms with E-state index in [1.54, 1.807) is 17.0 Å². The molecule has 1 saturated heterocycles. The number of nitrogens with two attached hydrogens (primary N) is 1. The maximum absolute atomic E-state index is 13.7. The van der Waals surface area contributed by atoms with Gasteiger partial charge in [0, 0.05) is 16.1 Å². The minimum absolute atomic E-state index is 0.000682. The van der Waals surface area contributed by atoms with Gasteiger partial charge < -0.3 is 5.32 Å². The first-order chi connectivity index (χ1) is 16.2. The van der Waals surface area contributed by atoms with Crippen molar-refractivity contribution in [3.8, 4) is 0 Å². The van der Waals surface area contributed by atoms with E-state index in [1.807, 2.05) is 18.2 Å². The molecule has 5 rings (SSSR count). The van der Waals surface area contributed by atoms with E-state index in [-0.39, 0.29) is 22.8 Å². The molecule has 0 unspecified atom stereocenters. The normalized spacial score (nSPS) is 22.4. The second kappa shape index (κ2) is 8.95. The largest absolute Gasteiger partial charge is 0.320 e. The molecule has 1 aliphatic carbocycles. The number of thioether (sulfide) groups is 1. The number of nitrogens with zero attached hydrogens (tertiary/aromatic N) is 2. The lowest BCUT2D eigenvalue weighted by molar-refractivity contribution is -0.124. The summed E-state index contributed by atoms with van der Waals surface area (Å²) >= 11 is 4.64. The second-order valence-corrected chi connectivity index (χ2v) is 11.7. The number of nitrogens with one attached hydrogen (secondary N) is 1. The molecule has 0 spiro atoms. The lowest BCUT2D eigenvalue weighted by Gasteiger charge is -2.30. The number of sulfonamides is 1. The molecule has 1 saturated carbocycles. The van der Waals surface area contributed by atoms with Crippen LogP contribution in [0.2, 0.25) is 0 Å². The van der Waals surface area contributed by atoms with Crippen LogP contribution in [0.25, 0.3) is 5.57 Å². The summed E-state index contributed by atoms with van der Waals surface area (Å²) < 4.78 is 23.9. The number of carbonyl (C=O) groups excluding carboxylic acids is 2. The van der Waals surface area contributed by atoms with Crippen LogP contribution in [0.3, 0.4) is 0 Å². The van der Waals surface area contributed by atoms with E-state index in [1.165, 1.54) is 23.9 Å². The SMILES string of the molecule is NS(=O)(=O)c1ccc(/N=C2\S/C(=C3\C(=O)Nc4c(Br)cccc43)C(=O)N2C2CCCCC2)cc1. The van der Waals surface area contributed by atoms with Crippen LogP contribution in [-0.2, 0) is 19.6 Å². The van der Waals surface area contributed by atoms with Gasteiger partial charge in [-0.2, -0.15) is 0 Å². The number of amides is 2. The van der Waals surface area contributed by atoms with E-state index in [4.69, 9.17) is 5.14 Å². The molecule has 0 radical (unpaired) electrons. The number of fused-ring (bicyclic) bond motifs is 1. The lowest BCUT2D eigenvalue weighted by atomic mass is 9.94. The number of halogens is 1. The van der Waals surface area contributed by atoms with Gasteiger partial charge in [-0.05, 0) is 70.9 Å². The van der Waals surface area contributed by atoms with Crippen molar-refractivity contribution in [3.05, 3.63) is 57.4 Å². The van der Waals surface area contributed by atoms with Crippen molar-refractivity contribution in [3.63, 3.8) is 0 Å². The van der Waals surface area contributed by atoms with Gasteiger partial charge in [0.1, 0.15) is 0 Å². The standard InChI is InChI=1S/C23H21BrN4O4S2/c24-17-8-4-7-16-18(21(29)27-19(16)17)20-22(30)28(14-5-2-1-3-6-14)23(33-20)26-13-9-11-15(12-10-13)34(25,31)32/h4,7-12,14H,1-3,5-6H2,(H,27,29)(H2,25,31,32)/b20-18-,26-23-. The molecule has 0 aromatic heterocycles. The Hall–Kier alpha value is -2.47. The Morgan fingerprint density at radius 3 is 2.44 bits per heavy atom. The molecule has 2 heterocycles. The molecule has 2 aromatic rings. The van der Waals surface area contributed by atoms with E-state index in [9.17, 15) is 18.0 Å². The Morgan fingerprint density at radius 1 is 1.06 bits per heavy atom. The number of hydrogen-bond donors (Lipinski definition) is 2. The molecular formula is C23H21BrN4O4S2. The van der Waals surface area contributed by atoms with Crippen molar-refractivity contribution < 1.29 is 18.0 Å². The molecule has 2 amide bonds. The van der Waals surface area contributed by atoms with Gasteiger partial charge in [0.15, 0.2) is 5.17 Å². The van der Waals surface area contributed by atoms with Gasteiger partial charge in [-0.1, -0.05) is 31.4 Å². The molecule has 11 heteroatoms. The summed E-state index contributed by atoms with van der Waals surface area (Å²) in [6.45, 7) is 0. The van der Waals surface area contributed by atoms with E-state index in [2.05, 4.69) is 26.2 Å². The maximum Gasteiger partial charge on any atom is 0.267 e. The topological polar surface area (TPSA) is 122 Å². The Kier molecular flexibility index (Phi) is 6.13. The van der Waals surface area contributed by atoms with Crippen LogP contribution in [-0.4, -0.2) is 36.3 Å². The Morgan fingerprint density at radius 2 is 1.76 bits per heavy atom. The first-order valence-corrected chi connectivity index (χ1v) is 14.0. The first-order valence-electron chi connectivity index (χ1n) is 10.8. The van der Waals surface area contributed by atoms with Crippen LogP contribution in [0.4, 0.5) is 11.4 Å². The van der Waals surface area contributed by atoms with Crippen LogP contribution in [0.15, 0.2) is 61.7 Å². The summed E-state index contributed by atoms with van der Waals surface area (Å²) in [5.74, 6) is -0.546. The van der Waals surface area contributed by atoms with Gasteiger partial charge in [-0.15, -0.1) is 0 Å². The summed E-state index contributed by atoms with van der Waals surface area (Å²) in [5.41, 5.74) is 2.17. The quantitative estimate of drug-likeness (QED) is 0.540. The Labute approximate surface area is 209 Å². The fraction of sp³-hybridized carbons (Fsp3) is 0.261. The molecule has 34 heavy (non-hydrogen) atoms. The van der Waals surface area contributed by atoms with E-state index < -0.39 is 10.0 Å². The predicted molar refractivity (Wildman–Crippen MR) is 136 cm³/mol. The smallest absolute Gasteiger partial charge is 0.267 e. The third-order valence-electron chi connectivity index (χ3n) is 6.12. The van der Waals surface area contributed by atoms with Crippen LogP contribution in [0, 0.1) is 0 Å². The van der Waals surface area contributed by atoms with Gasteiger partial charge in [0.25, 0.3) is 11.8 Å². The minimum Gasteiger partial charge on any atom is -0.320 e. The van der Waals surface area contributed by atoms with E-state index >= 15 is 0 Å². The summed E-state index contributed by atoms with van der Waals surface area (Å²) in [5, 5.41) is 8.53. The van der Waals surface area contributed by atoms with E-state index in [0.29, 0.717) is 32.6 Å². The highest BCUT2D eigenvalue weighted by atomic mass is 79.9. The number of rotatable bonds is 3. The molecule has 8 nitrogen and oxygen atoms in total. The molecule has 2 fully saturated rings. The molecule has 3 aliphatic rings. The first kappa shape index (κ1) is 23.3. The molecular weight excluding hydrogens is 540 g/mol. The fourth-order valence-electron chi connectivity index (χ4n) is 4.48. The number of carbonyl (C=O) groups is 2. The average Bonchev–Trinajstić information content (AvgIpc) is 3.30. The number of benzene rings is 2. The zero-order valence-electron chi connectivity index (χ0n) is 18.0. The number of hydrogen-bond acceptors (Lipinski definition) is 6. The van der Waals surface area contributed by atoms with Crippen molar-refractivity contribution in [1.29, 1.82) is 0 Å². The second-order valence-electron chi connectivity index (χ2n) is 8.32. The number of primary sulfonamides is 1. The van der Waals surface area contributed by atoms with Crippen LogP contribution in [0.5, 0.6) is 0 Å². The number of anilines is 1. The van der Waals surface area contributed by atoms with Gasteiger partial charge >= 0.3 is 0 Å². The van der Waals surface area contributed by atoms with Crippen LogP contribution in [0.1, 0.15) is 37.7 Å². The highest BCUT2D eigenvalue weighted by Gasteiger charge is 2.43. The summed E-state index contributed by atoms with van der Waals surface area (Å²) in [7, 11) is -3.82. The van der Waals surface area contributed by atoms with Crippen LogP contribution < -0.4 is 10.5 Å². The predicted octanol–water partition coefficient (Wildman–Crippen LogP) is 4.36. The maximum atomic E-state index is 13.7. The zero-order chi connectivity index (χ0) is 24.0. The number of aliphatic imine (C=N–C) groups is 1. The van der Waals surface area contributed by atoms with Crippen molar-refractivity contribution in [1.82, 2.24) is 4.90 Å². The number of amidine groups is 1. The molecule has 176 valence electrons. The minimum atomic E-state index is -3.82. The summed E-state index contributed by atoms with van der Waals surface area (Å²) in [4.78, 5) is 33.3. The average molecular weight is 561 g/mol. The van der Waals surface area contributed by atoms with Gasteiger partial charge in [-0.25, -0.2) is 18.5 Å².